The normalized spacial score (nSPS) is 11.8. The molecule has 0 amide bonds. The predicted molar refractivity (Wildman–Crippen MR) is 69.2 cm³/mol. The highest BCUT2D eigenvalue weighted by Crippen LogP contribution is 2.26. The van der Waals surface area contributed by atoms with Crippen LogP contribution >= 0.6 is 11.8 Å². The molecule has 0 aliphatic carbocycles. The van der Waals surface area contributed by atoms with Gasteiger partial charge in [-0.1, -0.05) is 13.8 Å². The van der Waals surface area contributed by atoms with Crippen LogP contribution in [0.25, 0.3) is 0 Å². The van der Waals surface area contributed by atoms with Gasteiger partial charge in [0.1, 0.15) is 11.6 Å². The van der Waals surface area contributed by atoms with Crippen LogP contribution in [-0.4, -0.2) is 12.3 Å². The molecule has 0 atom stereocenters. The van der Waals surface area contributed by atoms with Gasteiger partial charge in [-0.2, -0.15) is 0 Å². The minimum atomic E-state index is -0.392. The highest BCUT2D eigenvalue weighted by molar-refractivity contribution is 7.99. The average molecular weight is 259 g/mol. The minimum absolute atomic E-state index is 0.126. The van der Waals surface area contributed by atoms with Crippen LogP contribution < -0.4 is 5.73 Å². The number of hydrogen-bond acceptors (Lipinski definition) is 2. The Labute approximate surface area is 106 Å². The zero-order chi connectivity index (χ0) is 12.9. The maximum absolute atomic E-state index is 13.3. The standard InChI is InChI=1S/C13H19F2NS/c1-13(2,9-16)6-3-7-17-12-8-10(14)4-5-11(12)15/h4-5,8H,3,6-7,9,16H2,1-2H3. The molecule has 0 unspecified atom stereocenters. The summed E-state index contributed by atoms with van der Waals surface area (Å²) in [5, 5.41) is 0. The Balaban J connectivity index is 2.38. The second-order valence-electron chi connectivity index (χ2n) is 4.90. The molecule has 2 N–H and O–H groups in total. The van der Waals surface area contributed by atoms with Crippen LogP contribution in [0.5, 0.6) is 0 Å². The summed E-state index contributed by atoms with van der Waals surface area (Å²) >= 11 is 1.36. The largest absolute Gasteiger partial charge is 0.330 e. The van der Waals surface area contributed by atoms with Crippen LogP contribution in [0.1, 0.15) is 26.7 Å². The predicted octanol–water partition coefficient (Wildman–Crippen LogP) is 3.82. The molecule has 0 aromatic heterocycles. The van der Waals surface area contributed by atoms with E-state index in [0.717, 1.165) is 24.7 Å². The Hall–Kier alpha value is -0.610. The molecule has 0 spiro atoms. The molecule has 0 fully saturated rings. The van der Waals surface area contributed by atoms with Crippen molar-refractivity contribution in [2.75, 3.05) is 12.3 Å². The van der Waals surface area contributed by atoms with E-state index in [4.69, 9.17) is 5.73 Å². The second kappa shape index (κ2) is 6.36. The number of rotatable bonds is 6. The molecule has 1 nitrogen and oxygen atoms in total. The maximum atomic E-state index is 13.3. The van der Waals surface area contributed by atoms with Gasteiger partial charge >= 0.3 is 0 Å². The summed E-state index contributed by atoms with van der Waals surface area (Å²) in [7, 11) is 0. The summed E-state index contributed by atoms with van der Waals surface area (Å²) in [6.07, 6.45) is 1.94. The van der Waals surface area contributed by atoms with E-state index in [0.29, 0.717) is 11.4 Å². The summed E-state index contributed by atoms with van der Waals surface area (Å²) in [6.45, 7) is 4.87. The van der Waals surface area contributed by atoms with Crippen molar-refractivity contribution >= 4 is 11.8 Å². The lowest BCUT2D eigenvalue weighted by molar-refractivity contribution is 0.345. The Morgan fingerprint density at radius 2 is 2.00 bits per heavy atom. The molecule has 0 aliphatic heterocycles. The van der Waals surface area contributed by atoms with Crippen LogP contribution in [0.2, 0.25) is 0 Å². The van der Waals surface area contributed by atoms with Crippen molar-refractivity contribution in [3.05, 3.63) is 29.8 Å². The van der Waals surface area contributed by atoms with E-state index in [1.54, 1.807) is 0 Å². The summed E-state index contributed by atoms with van der Waals surface area (Å²) < 4.78 is 26.2. The average Bonchev–Trinajstić information content (AvgIpc) is 2.29. The lowest BCUT2D eigenvalue weighted by Gasteiger charge is -2.21. The van der Waals surface area contributed by atoms with Crippen molar-refractivity contribution in [3.63, 3.8) is 0 Å². The molecule has 1 rings (SSSR count). The van der Waals surface area contributed by atoms with Crippen LogP contribution in [0.3, 0.4) is 0 Å². The Morgan fingerprint density at radius 3 is 2.65 bits per heavy atom. The molecular weight excluding hydrogens is 240 g/mol. The van der Waals surface area contributed by atoms with E-state index in [1.165, 1.54) is 23.9 Å². The quantitative estimate of drug-likeness (QED) is 0.621. The number of thioether (sulfide) groups is 1. The molecule has 96 valence electrons. The second-order valence-corrected chi connectivity index (χ2v) is 6.03. The van der Waals surface area contributed by atoms with Crippen molar-refractivity contribution in [1.82, 2.24) is 0 Å². The Kier molecular flexibility index (Phi) is 5.40. The highest BCUT2D eigenvalue weighted by Gasteiger charge is 2.14. The maximum Gasteiger partial charge on any atom is 0.136 e. The third-order valence-electron chi connectivity index (χ3n) is 2.70. The first kappa shape index (κ1) is 14.5. The van der Waals surface area contributed by atoms with Gasteiger partial charge in [-0.3, -0.25) is 0 Å². The zero-order valence-electron chi connectivity index (χ0n) is 10.3. The molecule has 1 aromatic carbocycles. The van der Waals surface area contributed by atoms with Crippen LogP contribution in [0.15, 0.2) is 23.1 Å². The topological polar surface area (TPSA) is 26.0 Å². The lowest BCUT2D eigenvalue weighted by atomic mass is 9.88. The first-order valence-electron chi connectivity index (χ1n) is 5.72. The summed E-state index contributed by atoms with van der Waals surface area (Å²) in [6, 6.07) is 3.55. The van der Waals surface area contributed by atoms with Crippen molar-refractivity contribution in [2.45, 2.75) is 31.6 Å². The first-order chi connectivity index (χ1) is 7.94. The van der Waals surface area contributed by atoms with E-state index in [1.807, 2.05) is 0 Å². The summed E-state index contributed by atoms with van der Waals surface area (Å²) in [4.78, 5) is 0.385. The van der Waals surface area contributed by atoms with E-state index in [2.05, 4.69) is 13.8 Å². The van der Waals surface area contributed by atoms with E-state index in [-0.39, 0.29) is 11.2 Å². The molecule has 17 heavy (non-hydrogen) atoms. The van der Waals surface area contributed by atoms with Crippen molar-refractivity contribution in [1.29, 1.82) is 0 Å². The van der Waals surface area contributed by atoms with E-state index in [9.17, 15) is 8.78 Å². The van der Waals surface area contributed by atoms with Gasteiger partial charge in [-0.05, 0) is 48.8 Å². The SMILES string of the molecule is CC(C)(CN)CCCSc1cc(F)ccc1F. The molecule has 4 heteroatoms. The van der Waals surface area contributed by atoms with Gasteiger partial charge in [-0.25, -0.2) is 8.78 Å². The highest BCUT2D eigenvalue weighted by atomic mass is 32.2. The molecule has 0 aliphatic rings. The van der Waals surface area contributed by atoms with Gasteiger partial charge in [0.15, 0.2) is 0 Å². The molecule has 0 saturated heterocycles. The first-order valence-corrected chi connectivity index (χ1v) is 6.71. The molecule has 0 bridgehead atoms. The smallest absolute Gasteiger partial charge is 0.136 e. The van der Waals surface area contributed by atoms with E-state index < -0.39 is 5.82 Å². The monoisotopic (exact) mass is 259 g/mol. The van der Waals surface area contributed by atoms with Gasteiger partial charge < -0.3 is 5.73 Å². The van der Waals surface area contributed by atoms with Crippen molar-refractivity contribution in [2.24, 2.45) is 11.1 Å². The fraction of sp³-hybridized carbons (Fsp3) is 0.538. The molecule has 1 aromatic rings. The lowest BCUT2D eigenvalue weighted by Crippen LogP contribution is -2.23. The van der Waals surface area contributed by atoms with Crippen LogP contribution in [-0.2, 0) is 0 Å². The number of hydrogen-bond donors (Lipinski definition) is 1. The minimum Gasteiger partial charge on any atom is -0.330 e. The van der Waals surface area contributed by atoms with Crippen LogP contribution in [0.4, 0.5) is 8.78 Å². The molecule has 0 radical (unpaired) electrons. The molecule has 0 saturated carbocycles. The summed E-state index contributed by atoms with van der Waals surface area (Å²) in [5.41, 5.74) is 5.75. The van der Waals surface area contributed by atoms with Gasteiger partial charge in [0.05, 0.1) is 0 Å². The number of benzene rings is 1. The van der Waals surface area contributed by atoms with Crippen molar-refractivity contribution < 1.29 is 8.78 Å². The van der Waals surface area contributed by atoms with Gasteiger partial charge in [0, 0.05) is 4.90 Å². The Morgan fingerprint density at radius 1 is 1.29 bits per heavy atom. The zero-order valence-corrected chi connectivity index (χ0v) is 11.1. The van der Waals surface area contributed by atoms with Gasteiger partial charge in [0.25, 0.3) is 0 Å². The van der Waals surface area contributed by atoms with Gasteiger partial charge in [0.2, 0.25) is 0 Å². The fourth-order valence-corrected chi connectivity index (χ4v) is 2.33. The fourth-order valence-electron chi connectivity index (χ4n) is 1.42. The number of halogens is 2. The Bertz CT molecular complexity index is 366. The van der Waals surface area contributed by atoms with E-state index >= 15 is 0 Å². The van der Waals surface area contributed by atoms with Gasteiger partial charge in [-0.15, -0.1) is 11.8 Å². The number of nitrogens with two attached hydrogens (primary N) is 1. The molecule has 0 heterocycles. The third-order valence-corrected chi connectivity index (χ3v) is 3.82. The summed E-state index contributed by atoms with van der Waals surface area (Å²) in [5.74, 6) is 0.0368. The van der Waals surface area contributed by atoms with Crippen molar-refractivity contribution in [3.8, 4) is 0 Å². The third kappa shape index (κ3) is 5.04. The molecular formula is C13H19F2NS. The van der Waals surface area contributed by atoms with Crippen LogP contribution in [0, 0.1) is 17.0 Å².